The third kappa shape index (κ3) is 5.07. The lowest BCUT2D eigenvalue weighted by molar-refractivity contribution is 0.227. The molecule has 3 N–H and O–H groups in total. The number of phenolic OH excluding ortho intramolecular Hbond substituents is 1. The van der Waals surface area contributed by atoms with Gasteiger partial charge in [-0.05, 0) is 49.4 Å². The van der Waals surface area contributed by atoms with Crippen LogP contribution in [0.4, 0.5) is 0 Å². The van der Waals surface area contributed by atoms with Gasteiger partial charge in [0.1, 0.15) is 5.75 Å². The fourth-order valence-corrected chi connectivity index (χ4v) is 2.02. The number of phenols is 1. The minimum Gasteiger partial charge on any atom is -0.508 e. The highest BCUT2D eigenvalue weighted by atomic mass is 16.3. The molecule has 0 fully saturated rings. The molecule has 0 amide bonds. The number of hydrogen-bond acceptors (Lipinski definition) is 3. The normalized spacial score (nSPS) is 14.4. The van der Waals surface area contributed by atoms with Gasteiger partial charge in [-0.25, -0.2) is 0 Å². The lowest BCUT2D eigenvalue weighted by Crippen LogP contribution is -2.22. The van der Waals surface area contributed by atoms with Crippen LogP contribution < -0.4 is 5.32 Å². The molecule has 0 heterocycles. The van der Waals surface area contributed by atoms with Gasteiger partial charge >= 0.3 is 0 Å². The van der Waals surface area contributed by atoms with Crippen LogP contribution in [0.2, 0.25) is 0 Å². The molecule has 0 radical (unpaired) electrons. The van der Waals surface area contributed by atoms with Crippen LogP contribution in [0, 0.1) is 5.92 Å². The average Bonchev–Trinajstić information content (AvgIpc) is 2.40. The van der Waals surface area contributed by atoms with Crippen LogP contribution in [0.25, 0.3) is 0 Å². The quantitative estimate of drug-likeness (QED) is 0.623. The summed E-state index contributed by atoms with van der Waals surface area (Å²) < 4.78 is 0. The highest BCUT2D eigenvalue weighted by Crippen LogP contribution is 2.19. The summed E-state index contributed by atoms with van der Waals surface area (Å²) in [6.07, 6.45) is 3.16. The van der Waals surface area contributed by atoms with Gasteiger partial charge in [0, 0.05) is 12.6 Å². The zero-order chi connectivity index (χ0) is 13.4. The molecule has 3 nitrogen and oxygen atoms in total. The van der Waals surface area contributed by atoms with Gasteiger partial charge in [0.2, 0.25) is 0 Å². The number of nitrogens with one attached hydrogen (secondary N) is 1. The molecule has 0 saturated carbocycles. The average molecular weight is 251 g/mol. The smallest absolute Gasteiger partial charge is 0.115 e. The first-order chi connectivity index (χ1) is 8.67. The van der Waals surface area contributed by atoms with Gasteiger partial charge in [-0.3, -0.25) is 0 Å². The van der Waals surface area contributed by atoms with E-state index in [4.69, 9.17) is 5.11 Å². The Morgan fingerprint density at radius 3 is 2.44 bits per heavy atom. The van der Waals surface area contributed by atoms with Crippen LogP contribution in [0.5, 0.6) is 5.75 Å². The summed E-state index contributed by atoms with van der Waals surface area (Å²) in [6.45, 7) is 5.46. The van der Waals surface area contributed by atoms with Gasteiger partial charge in [0.15, 0.2) is 0 Å². The van der Waals surface area contributed by atoms with E-state index in [1.807, 2.05) is 12.1 Å². The molecule has 2 unspecified atom stereocenters. The summed E-state index contributed by atoms with van der Waals surface area (Å²) in [7, 11) is 0. The molecule has 0 aromatic heterocycles. The van der Waals surface area contributed by atoms with Crippen molar-refractivity contribution in [2.75, 3.05) is 13.2 Å². The number of aliphatic hydroxyl groups is 1. The fraction of sp³-hybridized carbons (Fsp3) is 0.600. The van der Waals surface area contributed by atoms with E-state index in [0.717, 1.165) is 25.8 Å². The van der Waals surface area contributed by atoms with Gasteiger partial charge in [-0.2, -0.15) is 0 Å². The lowest BCUT2D eigenvalue weighted by Gasteiger charge is -2.18. The summed E-state index contributed by atoms with van der Waals surface area (Å²) in [5.74, 6) is 0.700. The zero-order valence-electron chi connectivity index (χ0n) is 11.4. The lowest BCUT2D eigenvalue weighted by atomic mass is 10.0. The van der Waals surface area contributed by atoms with Crippen LogP contribution in [-0.2, 0) is 0 Å². The molecule has 2 atom stereocenters. The van der Waals surface area contributed by atoms with E-state index >= 15 is 0 Å². The molecule has 102 valence electrons. The first-order valence-corrected chi connectivity index (χ1v) is 6.80. The molecule has 1 aromatic carbocycles. The van der Waals surface area contributed by atoms with E-state index in [-0.39, 0.29) is 6.61 Å². The Labute approximate surface area is 110 Å². The second-order valence-corrected chi connectivity index (χ2v) is 4.94. The van der Waals surface area contributed by atoms with Crippen molar-refractivity contribution in [1.29, 1.82) is 0 Å². The second-order valence-electron chi connectivity index (χ2n) is 4.94. The highest BCUT2D eigenvalue weighted by Gasteiger charge is 2.08. The minimum absolute atomic E-state index is 0.273. The molecule has 0 bridgehead atoms. The molecule has 0 aliphatic rings. The number of aromatic hydroxyl groups is 1. The Morgan fingerprint density at radius 1 is 1.22 bits per heavy atom. The van der Waals surface area contributed by atoms with E-state index in [1.54, 1.807) is 12.1 Å². The molecule has 0 saturated heterocycles. The maximum atomic E-state index is 9.27. The topological polar surface area (TPSA) is 52.5 Å². The van der Waals surface area contributed by atoms with E-state index in [0.29, 0.717) is 17.7 Å². The van der Waals surface area contributed by atoms with Crippen LogP contribution >= 0.6 is 0 Å². The Balaban J connectivity index is 2.36. The molecule has 3 heteroatoms. The largest absolute Gasteiger partial charge is 0.508 e. The highest BCUT2D eigenvalue weighted by molar-refractivity contribution is 5.27. The predicted molar refractivity (Wildman–Crippen MR) is 74.6 cm³/mol. The molecular weight excluding hydrogens is 226 g/mol. The molecule has 18 heavy (non-hydrogen) atoms. The van der Waals surface area contributed by atoms with E-state index < -0.39 is 0 Å². The number of hydrogen-bond donors (Lipinski definition) is 3. The van der Waals surface area contributed by atoms with Crippen molar-refractivity contribution >= 4 is 0 Å². The maximum absolute atomic E-state index is 9.27. The molecule has 1 aromatic rings. The maximum Gasteiger partial charge on any atom is 0.115 e. The van der Waals surface area contributed by atoms with Crippen molar-refractivity contribution < 1.29 is 10.2 Å². The Bertz CT molecular complexity index is 324. The standard InChI is InChI=1S/C15H25NO2/c1-3-15(13-6-8-14(18)9-7-13)16-10-4-5-12(2)11-17/h6-9,12,15-18H,3-5,10-11H2,1-2H3. The summed E-state index contributed by atoms with van der Waals surface area (Å²) in [5.41, 5.74) is 1.21. The van der Waals surface area contributed by atoms with Crippen molar-refractivity contribution in [2.45, 2.75) is 39.2 Å². The van der Waals surface area contributed by atoms with Gasteiger partial charge in [-0.1, -0.05) is 26.0 Å². The van der Waals surface area contributed by atoms with Crippen molar-refractivity contribution in [3.05, 3.63) is 29.8 Å². The number of benzene rings is 1. The third-order valence-corrected chi connectivity index (χ3v) is 3.28. The van der Waals surface area contributed by atoms with Crippen LogP contribution in [0.1, 0.15) is 44.7 Å². The van der Waals surface area contributed by atoms with Crippen LogP contribution in [0.3, 0.4) is 0 Å². The van der Waals surface area contributed by atoms with E-state index in [1.165, 1.54) is 5.56 Å². The fourth-order valence-electron chi connectivity index (χ4n) is 2.02. The van der Waals surface area contributed by atoms with Crippen LogP contribution in [0.15, 0.2) is 24.3 Å². The van der Waals surface area contributed by atoms with E-state index in [2.05, 4.69) is 19.2 Å². The van der Waals surface area contributed by atoms with Gasteiger partial charge < -0.3 is 15.5 Å². The van der Waals surface area contributed by atoms with Crippen LogP contribution in [-0.4, -0.2) is 23.4 Å². The molecule has 0 spiro atoms. The third-order valence-electron chi connectivity index (χ3n) is 3.28. The number of aliphatic hydroxyl groups excluding tert-OH is 1. The Hall–Kier alpha value is -1.06. The molecule has 1 rings (SSSR count). The first-order valence-electron chi connectivity index (χ1n) is 6.80. The molecule has 0 aliphatic carbocycles. The van der Waals surface area contributed by atoms with Crippen molar-refractivity contribution in [2.24, 2.45) is 5.92 Å². The molecule has 0 aliphatic heterocycles. The van der Waals surface area contributed by atoms with Crippen molar-refractivity contribution in [1.82, 2.24) is 5.32 Å². The van der Waals surface area contributed by atoms with E-state index in [9.17, 15) is 5.11 Å². The minimum atomic E-state index is 0.273. The molecular formula is C15H25NO2. The SMILES string of the molecule is CCC(NCCCC(C)CO)c1ccc(O)cc1. The van der Waals surface area contributed by atoms with Gasteiger partial charge in [-0.15, -0.1) is 0 Å². The predicted octanol–water partition coefficient (Wildman–Crippen LogP) is 2.84. The summed E-state index contributed by atoms with van der Waals surface area (Å²) in [6, 6.07) is 7.73. The Morgan fingerprint density at radius 2 is 1.89 bits per heavy atom. The van der Waals surface area contributed by atoms with Crippen molar-refractivity contribution in [3.63, 3.8) is 0 Å². The van der Waals surface area contributed by atoms with Gasteiger partial charge in [0.05, 0.1) is 0 Å². The van der Waals surface area contributed by atoms with Crippen molar-refractivity contribution in [3.8, 4) is 5.75 Å². The first kappa shape index (κ1) is 15.0. The van der Waals surface area contributed by atoms with Gasteiger partial charge in [0.25, 0.3) is 0 Å². The summed E-state index contributed by atoms with van der Waals surface area (Å²) in [5, 5.41) is 21.7. The number of rotatable bonds is 8. The summed E-state index contributed by atoms with van der Waals surface area (Å²) >= 11 is 0. The second kappa shape index (κ2) is 8.11. The zero-order valence-corrected chi connectivity index (χ0v) is 11.4. The Kier molecular flexibility index (Phi) is 6.76. The summed E-state index contributed by atoms with van der Waals surface area (Å²) in [4.78, 5) is 0. The monoisotopic (exact) mass is 251 g/mol.